The van der Waals surface area contributed by atoms with Crippen molar-refractivity contribution in [1.29, 1.82) is 0 Å². The van der Waals surface area contributed by atoms with E-state index in [0.717, 1.165) is 17.8 Å². The second-order valence-electron chi connectivity index (χ2n) is 6.06. The number of nitrogens with zero attached hydrogens (tertiary/aromatic N) is 1. The summed E-state index contributed by atoms with van der Waals surface area (Å²) < 4.78 is 0. The molecule has 1 amide bonds. The number of benzene rings is 1. The average molecular weight is 288 g/mol. The molecule has 2 aliphatic rings. The summed E-state index contributed by atoms with van der Waals surface area (Å²) in [6.07, 6.45) is 0.494. The van der Waals surface area contributed by atoms with Gasteiger partial charge in [0.1, 0.15) is 0 Å². The number of carbonyl (C=O) groups is 2. The molecule has 0 aromatic heterocycles. The van der Waals surface area contributed by atoms with Crippen molar-refractivity contribution < 1.29 is 14.7 Å². The third-order valence-electron chi connectivity index (χ3n) is 4.60. The Balaban J connectivity index is 1.92. The zero-order valence-electron chi connectivity index (χ0n) is 12.1. The highest BCUT2D eigenvalue weighted by atomic mass is 16.4. The molecule has 0 spiro atoms. The van der Waals surface area contributed by atoms with Gasteiger partial charge in [-0.25, -0.2) is 0 Å². The Morgan fingerprint density at radius 1 is 1.29 bits per heavy atom. The van der Waals surface area contributed by atoms with Crippen LogP contribution in [0, 0.1) is 17.8 Å². The van der Waals surface area contributed by atoms with Gasteiger partial charge in [-0.15, -0.1) is 0 Å². The summed E-state index contributed by atoms with van der Waals surface area (Å²) in [5.74, 6) is -1.08. The minimum Gasteiger partial charge on any atom is -0.481 e. The van der Waals surface area contributed by atoms with Crippen LogP contribution in [0.5, 0.6) is 0 Å². The second-order valence-corrected chi connectivity index (χ2v) is 6.06. The number of aliphatic carboxylic acids is 1. The Bertz CT molecular complexity index is 572. The largest absolute Gasteiger partial charge is 0.481 e. The molecule has 1 fully saturated rings. The van der Waals surface area contributed by atoms with Crippen molar-refractivity contribution in [2.75, 3.05) is 24.5 Å². The van der Waals surface area contributed by atoms with Crippen LogP contribution < -0.4 is 10.2 Å². The van der Waals surface area contributed by atoms with E-state index in [4.69, 9.17) is 0 Å². The number of para-hydroxylation sites is 1. The van der Waals surface area contributed by atoms with Crippen molar-refractivity contribution >= 4 is 17.6 Å². The van der Waals surface area contributed by atoms with Crippen molar-refractivity contribution in [3.63, 3.8) is 0 Å². The molecule has 3 atom stereocenters. The van der Waals surface area contributed by atoms with Crippen molar-refractivity contribution in [3.8, 4) is 0 Å². The van der Waals surface area contributed by atoms with Crippen molar-refractivity contribution in [2.45, 2.75) is 13.3 Å². The number of carbonyl (C=O) groups excluding carboxylic acids is 1. The SMILES string of the molecule is C[C@@H]1CNC[C@H]1C(=O)N1CC(C(=O)O)Cc2ccccc21. The van der Waals surface area contributed by atoms with Gasteiger partial charge in [0.05, 0.1) is 11.8 Å². The minimum atomic E-state index is -0.833. The predicted octanol–water partition coefficient (Wildman–Crippen LogP) is 1.13. The van der Waals surface area contributed by atoms with Crippen LogP contribution in [0.15, 0.2) is 24.3 Å². The number of carboxylic acid groups (broad SMARTS) is 1. The van der Waals surface area contributed by atoms with Gasteiger partial charge in [-0.1, -0.05) is 25.1 Å². The van der Waals surface area contributed by atoms with Crippen molar-refractivity contribution in [2.24, 2.45) is 17.8 Å². The summed E-state index contributed by atoms with van der Waals surface area (Å²) in [5, 5.41) is 12.6. The van der Waals surface area contributed by atoms with E-state index in [0.29, 0.717) is 13.0 Å². The quantitative estimate of drug-likeness (QED) is 0.856. The van der Waals surface area contributed by atoms with E-state index in [2.05, 4.69) is 12.2 Å². The smallest absolute Gasteiger partial charge is 0.308 e. The van der Waals surface area contributed by atoms with Gasteiger partial charge in [0.2, 0.25) is 5.91 Å². The standard InChI is InChI=1S/C16H20N2O3/c1-10-7-17-8-13(10)15(19)18-9-12(16(20)21)6-11-4-2-3-5-14(11)18/h2-5,10,12-13,17H,6-9H2,1H3,(H,20,21)/t10-,12?,13-/m1/s1. The highest BCUT2D eigenvalue weighted by Crippen LogP contribution is 2.32. The van der Waals surface area contributed by atoms with Crippen LogP contribution in [0.25, 0.3) is 0 Å². The number of hydrogen-bond donors (Lipinski definition) is 2. The second kappa shape index (κ2) is 5.48. The number of amides is 1. The van der Waals surface area contributed by atoms with Crippen LogP contribution in [0.4, 0.5) is 5.69 Å². The van der Waals surface area contributed by atoms with Gasteiger partial charge in [-0.3, -0.25) is 9.59 Å². The number of nitrogens with one attached hydrogen (secondary N) is 1. The van der Waals surface area contributed by atoms with Gasteiger partial charge in [0.25, 0.3) is 0 Å². The summed E-state index contributed by atoms with van der Waals surface area (Å²) >= 11 is 0. The molecule has 0 aliphatic carbocycles. The summed E-state index contributed by atoms with van der Waals surface area (Å²) in [6, 6.07) is 7.63. The molecule has 2 aliphatic heterocycles. The number of carboxylic acids is 1. The number of hydrogen-bond acceptors (Lipinski definition) is 3. The molecular formula is C16H20N2O3. The molecule has 1 saturated heterocycles. The van der Waals surface area contributed by atoms with E-state index in [9.17, 15) is 14.7 Å². The van der Waals surface area contributed by atoms with Gasteiger partial charge in [-0.2, -0.15) is 0 Å². The Morgan fingerprint density at radius 2 is 2.05 bits per heavy atom. The molecule has 112 valence electrons. The molecule has 5 nitrogen and oxygen atoms in total. The molecule has 5 heteroatoms. The lowest BCUT2D eigenvalue weighted by Crippen LogP contribution is -2.46. The van der Waals surface area contributed by atoms with Crippen LogP contribution in [0.3, 0.4) is 0 Å². The number of rotatable bonds is 2. The van der Waals surface area contributed by atoms with Gasteiger partial charge in [0.15, 0.2) is 0 Å². The van der Waals surface area contributed by atoms with E-state index in [-0.39, 0.29) is 24.3 Å². The summed E-state index contributed by atoms with van der Waals surface area (Å²) in [5.41, 5.74) is 1.82. The zero-order chi connectivity index (χ0) is 15.0. The van der Waals surface area contributed by atoms with Crippen LogP contribution in [-0.2, 0) is 16.0 Å². The maximum atomic E-state index is 12.8. The van der Waals surface area contributed by atoms with Crippen LogP contribution >= 0.6 is 0 Å². The lowest BCUT2D eigenvalue weighted by atomic mass is 9.90. The highest BCUT2D eigenvalue weighted by Gasteiger charge is 2.38. The van der Waals surface area contributed by atoms with Gasteiger partial charge >= 0.3 is 5.97 Å². The molecule has 2 N–H and O–H groups in total. The first-order chi connectivity index (χ1) is 10.1. The summed E-state index contributed by atoms with van der Waals surface area (Å²) in [7, 11) is 0. The molecule has 0 saturated carbocycles. The lowest BCUT2D eigenvalue weighted by Gasteiger charge is -2.35. The summed E-state index contributed by atoms with van der Waals surface area (Å²) in [6.45, 7) is 3.85. The Labute approximate surface area is 123 Å². The Morgan fingerprint density at radius 3 is 2.71 bits per heavy atom. The van der Waals surface area contributed by atoms with E-state index in [1.54, 1.807) is 4.90 Å². The van der Waals surface area contributed by atoms with Gasteiger partial charge in [-0.05, 0) is 30.5 Å². The number of fused-ring (bicyclic) bond motifs is 1. The maximum absolute atomic E-state index is 12.8. The zero-order valence-corrected chi connectivity index (χ0v) is 12.1. The fourth-order valence-electron chi connectivity index (χ4n) is 3.31. The van der Waals surface area contributed by atoms with Crippen LogP contribution in [0.1, 0.15) is 12.5 Å². The van der Waals surface area contributed by atoms with E-state index in [1.807, 2.05) is 24.3 Å². The van der Waals surface area contributed by atoms with Gasteiger partial charge < -0.3 is 15.3 Å². The molecule has 21 heavy (non-hydrogen) atoms. The monoisotopic (exact) mass is 288 g/mol. The van der Waals surface area contributed by atoms with Crippen LogP contribution in [-0.4, -0.2) is 36.6 Å². The molecule has 1 aromatic carbocycles. The normalized spacial score (nSPS) is 28.2. The first-order valence-electron chi connectivity index (χ1n) is 7.40. The topological polar surface area (TPSA) is 69.6 Å². The average Bonchev–Trinajstić information content (AvgIpc) is 2.91. The third kappa shape index (κ3) is 2.53. The third-order valence-corrected chi connectivity index (χ3v) is 4.60. The summed E-state index contributed by atoms with van der Waals surface area (Å²) in [4.78, 5) is 25.9. The van der Waals surface area contributed by atoms with Crippen molar-refractivity contribution in [1.82, 2.24) is 5.32 Å². The Kier molecular flexibility index (Phi) is 3.68. The van der Waals surface area contributed by atoms with E-state index >= 15 is 0 Å². The van der Waals surface area contributed by atoms with Gasteiger partial charge in [0, 0.05) is 18.8 Å². The lowest BCUT2D eigenvalue weighted by molar-refractivity contribution is -0.141. The molecule has 1 aromatic rings. The minimum absolute atomic E-state index is 0.0471. The molecule has 3 rings (SSSR count). The maximum Gasteiger partial charge on any atom is 0.308 e. The van der Waals surface area contributed by atoms with E-state index < -0.39 is 11.9 Å². The number of anilines is 1. The van der Waals surface area contributed by atoms with E-state index in [1.165, 1.54) is 0 Å². The first-order valence-corrected chi connectivity index (χ1v) is 7.40. The molecule has 1 unspecified atom stereocenters. The first kappa shape index (κ1) is 14.1. The molecule has 0 bridgehead atoms. The molecule has 0 radical (unpaired) electrons. The van der Waals surface area contributed by atoms with Crippen LogP contribution in [0.2, 0.25) is 0 Å². The molecule has 2 heterocycles. The van der Waals surface area contributed by atoms with Crippen molar-refractivity contribution in [3.05, 3.63) is 29.8 Å². The fraction of sp³-hybridized carbons (Fsp3) is 0.500. The molecular weight excluding hydrogens is 268 g/mol. The fourth-order valence-corrected chi connectivity index (χ4v) is 3.31. The highest BCUT2D eigenvalue weighted by molar-refractivity contribution is 5.97. The Hall–Kier alpha value is -1.88. The predicted molar refractivity (Wildman–Crippen MR) is 79.1 cm³/mol.